The van der Waals surface area contributed by atoms with Crippen LogP contribution in [0.25, 0.3) is 0 Å². The summed E-state index contributed by atoms with van der Waals surface area (Å²) in [7, 11) is -3.96. The number of aromatic carboxylic acids is 1. The molecule has 0 radical (unpaired) electrons. The number of rotatable bonds is 5. The summed E-state index contributed by atoms with van der Waals surface area (Å²) in [4.78, 5) is 10.9. The van der Waals surface area contributed by atoms with Crippen LogP contribution in [0.15, 0.2) is 53.4 Å². The molecule has 21 heavy (non-hydrogen) atoms. The van der Waals surface area contributed by atoms with Crippen molar-refractivity contribution >= 4 is 16.0 Å². The zero-order chi connectivity index (χ0) is 15.5. The van der Waals surface area contributed by atoms with Gasteiger partial charge in [0.05, 0.1) is 4.90 Å². The van der Waals surface area contributed by atoms with Crippen LogP contribution in [0.5, 0.6) is 5.75 Å². The van der Waals surface area contributed by atoms with Gasteiger partial charge in [-0.05, 0) is 23.8 Å². The van der Waals surface area contributed by atoms with Gasteiger partial charge in [0.15, 0.2) is 0 Å². The summed E-state index contributed by atoms with van der Waals surface area (Å²) >= 11 is 0. The minimum absolute atomic E-state index is 0.0822. The van der Waals surface area contributed by atoms with Crippen molar-refractivity contribution in [1.82, 2.24) is 0 Å². The van der Waals surface area contributed by atoms with E-state index in [4.69, 9.17) is 15.0 Å². The van der Waals surface area contributed by atoms with E-state index < -0.39 is 16.0 Å². The highest BCUT2D eigenvalue weighted by molar-refractivity contribution is 7.89. The van der Waals surface area contributed by atoms with Crippen LogP contribution >= 0.6 is 0 Å². The molecule has 0 saturated carbocycles. The highest BCUT2D eigenvalue weighted by Gasteiger charge is 2.17. The summed E-state index contributed by atoms with van der Waals surface area (Å²) in [6.45, 7) is 0.176. The second kappa shape index (κ2) is 5.94. The Bertz CT molecular complexity index is 756. The molecule has 3 N–H and O–H groups in total. The van der Waals surface area contributed by atoms with E-state index >= 15 is 0 Å². The molecule has 0 heterocycles. The molecule has 0 unspecified atom stereocenters. The third-order valence-electron chi connectivity index (χ3n) is 2.75. The van der Waals surface area contributed by atoms with Crippen LogP contribution in [-0.2, 0) is 16.6 Å². The first-order chi connectivity index (χ1) is 9.88. The number of benzene rings is 2. The van der Waals surface area contributed by atoms with E-state index in [-0.39, 0.29) is 22.8 Å². The van der Waals surface area contributed by atoms with Crippen molar-refractivity contribution in [2.75, 3.05) is 0 Å². The van der Waals surface area contributed by atoms with Gasteiger partial charge in [-0.2, -0.15) is 0 Å². The third-order valence-corrected chi connectivity index (χ3v) is 3.66. The standard InChI is InChI=1S/C14H13NO5S/c15-21(18,19)11-6-7-13(12(8-11)14(16)17)20-9-10-4-2-1-3-5-10/h1-8H,9H2,(H,16,17)(H2,15,18,19). The fraction of sp³-hybridized carbons (Fsp3) is 0.0714. The number of hydrogen-bond donors (Lipinski definition) is 2. The molecule has 110 valence electrons. The number of ether oxygens (including phenoxy) is 1. The van der Waals surface area contributed by atoms with Crippen LogP contribution in [-0.4, -0.2) is 19.5 Å². The summed E-state index contributed by atoms with van der Waals surface area (Å²) < 4.78 is 27.9. The summed E-state index contributed by atoms with van der Waals surface area (Å²) in [6, 6.07) is 12.7. The number of carboxylic acids is 1. The van der Waals surface area contributed by atoms with E-state index in [1.165, 1.54) is 12.1 Å². The molecule has 0 amide bonds. The number of nitrogens with two attached hydrogens (primary N) is 1. The lowest BCUT2D eigenvalue weighted by atomic mass is 10.2. The highest BCUT2D eigenvalue weighted by atomic mass is 32.2. The molecular formula is C14H13NO5S. The highest BCUT2D eigenvalue weighted by Crippen LogP contribution is 2.23. The first kappa shape index (κ1) is 15.0. The zero-order valence-corrected chi connectivity index (χ0v) is 11.7. The Hall–Kier alpha value is -2.38. The monoisotopic (exact) mass is 307 g/mol. The molecule has 0 fully saturated rings. The maximum Gasteiger partial charge on any atom is 0.339 e. The Balaban J connectivity index is 2.29. The Morgan fingerprint density at radius 2 is 1.81 bits per heavy atom. The predicted molar refractivity (Wildman–Crippen MR) is 75.5 cm³/mol. The molecule has 0 aromatic heterocycles. The largest absolute Gasteiger partial charge is 0.488 e. The molecule has 0 aliphatic carbocycles. The van der Waals surface area contributed by atoms with Gasteiger partial charge >= 0.3 is 5.97 Å². The van der Waals surface area contributed by atoms with Gasteiger partial charge in [-0.1, -0.05) is 30.3 Å². The smallest absolute Gasteiger partial charge is 0.339 e. The molecule has 2 rings (SSSR count). The summed E-state index contributed by atoms with van der Waals surface area (Å²) in [6.07, 6.45) is 0. The van der Waals surface area contributed by atoms with E-state index in [0.717, 1.165) is 11.6 Å². The quantitative estimate of drug-likeness (QED) is 0.872. The topological polar surface area (TPSA) is 107 Å². The average molecular weight is 307 g/mol. The third kappa shape index (κ3) is 3.80. The molecule has 0 spiro atoms. The second-order valence-electron chi connectivity index (χ2n) is 4.28. The fourth-order valence-electron chi connectivity index (χ4n) is 1.71. The number of primary sulfonamides is 1. The van der Waals surface area contributed by atoms with Crippen molar-refractivity contribution in [1.29, 1.82) is 0 Å². The SMILES string of the molecule is NS(=O)(=O)c1ccc(OCc2ccccc2)c(C(=O)O)c1. The van der Waals surface area contributed by atoms with E-state index in [0.29, 0.717) is 0 Å². The molecule has 6 nitrogen and oxygen atoms in total. The van der Waals surface area contributed by atoms with Gasteiger partial charge in [0, 0.05) is 0 Å². The van der Waals surface area contributed by atoms with Gasteiger partial charge in [0.1, 0.15) is 17.9 Å². The van der Waals surface area contributed by atoms with Crippen molar-refractivity contribution in [3.8, 4) is 5.75 Å². The molecule has 0 aliphatic heterocycles. The van der Waals surface area contributed by atoms with Gasteiger partial charge in [-0.25, -0.2) is 18.4 Å². The van der Waals surface area contributed by atoms with Gasteiger partial charge < -0.3 is 9.84 Å². The minimum Gasteiger partial charge on any atom is -0.488 e. The number of carbonyl (C=O) groups is 1. The molecule has 2 aromatic rings. The fourth-order valence-corrected chi connectivity index (χ4v) is 2.25. The Kier molecular flexibility index (Phi) is 4.25. The van der Waals surface area contributed by atoms with Crippen LogP contribution in [0.3, 0.4) is 0 Å². The number of hydrogen-bond acceptors (Lipinski definition) is 4. The molecule has 2 aromatic carbocycles. The Morgan fingerprint density at radius 3 is 2.38 bits per heavy atom. The maximum atomic E-state index is 11.2. The lowest BCUT2D eigenvalue weighted by molar-refractivity contribution is 0.0691. The number of sulfonamides is 1. The lowest BCUT2D eigenvalue weighted by Gasteiger charge is -2.10. The van der Waals surface area contributed by atoms with Crippen molar-refractivity contribution in [3.63, 3.8) is 0 Å². The molecule has 0 saturated heterocycles. The van der Waals surface area contributed by atoms with Gasteiger partial charge in [-0.15, -0.1) is 0 Å². The molecular weight excluding hydrogens is 294 g/mol. The van der Waals surface area contributed by atoms with Crippen molar-refractivity contribution in [2.45, 2.75) is 11.5 Å². The van der Waals surface area contributed by atoms with E-state index in [9.17, 15) is 13.2 Å². The normalized spacial score (nSPS) is 11.1. The summed E-state index contributed by atoms with van der Waals surface area (Å²) in [5, 5.41) is 14.1. The average Bonchev–Trinajstić information content (AvgIpc) is 2.45. The summed E-state index contributed by atoms with van der Waals surface area (Å²) in [5.74, 6) is -1.21. The molecule has 0 aliphatic rings. The van der Waals surface area contributed by atoms with Gasteiger partial charge in [0.2, 0.25) is 10.0 Å². The van der Waals surface area contributed by atoms with Crippen molar-refractivity contribution < 1.29 is 23.1 Å². The van der Waals surface area contributed by atoms with Crippen LogP contribution in [0.2, 0.25) is 0 Å². The number of carboxylic acid groups (broad SMARTS) is 1. The van der Waals surface area contributed by atoms with E-state index in [1.807, 2.05) is 30.3 Å². The van der Waals surface area contributed by atoms with E-state index in [2.05, 4.69) is 0 Å². The molecule has 0 atom stereocenters. The Morgan fingerprint density at radius 1 is 1.14 bits per heavy atom. The molecule has 7 heteroatoms. The first-order valence-electron chi connectivity index (χ1n) is 5.95. The van der Waals surface area contributed by atoms with Crippen LogP contribution in [0.4, 0.5) is 0 Å². The second-order valence-corrected chi connectivity index (χ2v) is 5.84. The van der Waals surface area contributed by atoms with E-state index in [1.54, 1.807) is 0 Å². The van der Waals surface area contributed by atoms with Crippen LogP contribution in [0.1, 0.15) is 15.9 Å². The lowest BCUT2D eigenvalue weighted by Crippen LogP contribution is -2.13. The maximum absolute atomic E-state index is 11.2. The predicted octanol–water partition coefficient (Wildman–Crippen LogP) is 1.61. The van der Waals surface area contributed by atoms with Crippen molar-refractivity contribution in [2.24, 2.45) is 5.14 Å². The van der Waals surface area contributed by atoms with Gasteiger partial charge in [-0.3, -0.25) is 0 Å². The first-order valence-corrected chi connectivity index (χ1v) is 7.49. The molecule has 0 bridgehead atoms. The Labute approximate surface area is 121 Å². The zero-order valence-electron chi connectivity index (χ0n) is 10.9. The van der Waals surface area contributed by atoms with Gasteiger partial charge in [0.25, 0.3) is 0 Å². The summed E-state index contributed by atoms with van der Waals surface area (Å²) in [5.41, 5.74) is 0.613. The minimum atomic E-state index is -3.96. The van der Waals surface area contributed by atoms with Crippen molar-refractivity contribution in [3.05, 3.63) is 59.7 Å². The van der Waals surface area contributed by atoms with Crippen LogP contribution in [0, 0.1) is 0 Å². The van der Waals surface area contributed by atoms with Crippen LogP contribution < -0.4 is 9.88 Å².